The lowest BCUT2D eigenvalue weighted by atomic mass is 10.1. The number of nitrogens with two attached hydrogens (primary N) is 1. The van der Waals surface area contributed by atoms with E-state index in [1.165, 1.54) is 4.90 Å². The van der Waals surface area contributed by atoms with Crippen LogP contribution in [0.5, 0.6) is 0 Å². The molecule has 0 bridgehead atoms. The average Bonchev–Trinajstić information content (AvgIpc) is 3.35. The van der Waals surface area contributed by atoms with Gasteiger partial charge in [0, 0.05) is 12.7 Å². The zero-order chi connectivity index (χ0) is 26.6. The van der Waals surface area contributed by atoms with Crippen molar-refractivity contribution in [2.24, 2.45) is 5.73 Å². The number of likely N-dealkylation sites (tertiary alicyclic amines) is 1. The molecule has 0 radical (unpaired) electrons. The largest absolute Gasteiger partial charge is 0.480 e. The van der Waals surface area contributed by atoms with Crippen molar-refractivity contribution in [3.63, 3.8) is 0 Å². The molecule has 1 aromatic rings. The summed E-state index contributed by atoms with van der Waals surface area (Å²) in [6, 6.07) is 6.55. The Morgan fingerprint density at radius 2 is 1.89 bits per heavy atom. The molecule has 202 valence electrons. The van der Waals surface area contributed by atoms with Crippen LogP contribution in [0, 0.1) is 0 Å². The Balaban J connectivity index is 2.36. The van der Waals surface area contributed by atoms with Crippen molar-refractivity contribution in [2.75, 3.05) is 19.3 Å². The predicted octanol–water partition coefficient (Wildman–Crippen LogP) is 3.96. The van der Waals surface area contributed by atoms with Crippen molar-refractivity contribution in [3.05, 3.63) is 35.9 Å². The lowest BCUT2D eigenvalue weighted by molar-refractivity contribution is -0.149. The minimum absolute atomic E-state index is 0.0822. The van der Waals surface area contributed by atoms with E-state index < -0.39 is 37.6 Å². The van der Waals surface area contributed by atoms with Crippen molar-refractivity contribution < 1.29 is 33.7 Å². The molecule has 0 aromatic heterocycles. The fraction of sp³-hybridized carbons (Fsp3) is 0.640. The molecule has 0 saturated carbocycles. The molecule has 0 spiro atoms. The molecule has 36 heavy (non-hydrogen) atoms. The van der Waals surface area contributed by atoms with Crippen LogP contribution in [0.25, 0.3) is 0 Å². The van der Waals surface area contributed by atoms with E-state index in [4.69, 9.17) is 10.5 Å². The standard InChI is InChI=1S/C25H40N3O7P/c1-2-3-4-10-18-36(33,34)28(25(32)35-19-20-12-6-5-7-13-20)21(14-8-9-16-26)23(29)27-17-11-15-22(27)24(30)31/h5-7,12-13,21-22H,2-4,8-11,14-19,26H2,1H3,(H,30,31)(H,33,34)/t21-,22-/m0/s1. The molecule has 2 amide bonds. The molecule has 1 aliphatic rings. The van der Waals surface area contributed by atoms with Crippen LogP contribution in [0.3, 0.4) is 0 Å². The van der Waals surface area contributed by atoms with Crippen LogP contribution in [0.1, 0.15) is 70.3 Å². The van der Waals surface area contributed by atoms with Gasteiger partial charge in [-0.2, -0.15) is 0 Å². The molecule has 2 rings (SSSR count). The molecule has 3 atom stereocenters. The number of nitrogens with zero attached hydrogens (tertiary/aromatic N) is 2. The van der Waals surface area contributed by atoms with Gasteiger partial charge in [-0.3, -0.25) is 9.36 Å². The molecule has 1 heterocycles. The van der Waals surface area contributed by atoms with Gasteiger partial charge in [-0.1, -0.05) is 56.5 Å². The van der Waals surface area contributed by atoms with Gasteiger partial charge in [0.25, 0.3) is 7.52 Å². The van der Waals surface area contributed by atoms with E-state index in [0.29, 0.717) is 55.3 Å². The first kappa shape index (κ1) is 29.8. The van der Waals surface area contributed by atoms with Crippen molar-refractivity contribution >= 4 is 25.5 Å². The third-order valence-corrected chi connectivity index (χ3v) is 8.38. The number of aliphatic carboxylic acids is 1. The number of amides is 2. The number of hydrogen-bond acceptors (Lipinski definition) is 6. The summed E-state index contributed by atoms with van der Waals surface area (Å²) in [6.45, 7) is 2.46. The summed E-state index contributed by atoms with van der Waals surface area (Å²) >= 11 is 0. The summed E-state index contributed by atoms with van der Waals surface area (Å²) in [7, 11) is -4.33. The van der Waals surface area contributed by atoms with Crippen LogP contribution < -0.4 is 5.73 Å². The Bertz CT molecular complexity index is 899. The molecule has 10 nitrogen and oxygen atoms in total. The van der Waals surface area contributed by atoms with Gasteiger partial charge in [-0.25, -0.2) is 14.3 Å². The Morgan fingerprint density at radius 1 is 1.17 bits per heavy atom. The topological polar surface area (TPSA) is 150 Å². The smallest absolute Gasteiger partial charge is 0.418 e. The van der Waals surface area contributed by atoms with Crippen LogP contribution in [-0.2, 0) is 25.5 Å². The van der Waals surface area contributed by atoms with E-state index in [1.54, 1.807) is 24.3 Å². The van der Waals surface area contributed by atoms with Crippen LogP contribution in [0.2, 0.25) is 0 Å². The highest BCUT2D eigenvalue weighted by molar-refractivity contribution is 7.56. The molecule has 1 saturated heterocycles. The molecule has 4 N–H and O–H groups in total. The predicted molar refractivity (Wildman–Crippen MR) is 136 cm³/mol. The number of carbonyl (C=O) groups excluding carboxylic acids is 2. The third kappa shape index (κ3) is 8.61. The molecule has 1 aliphatic heterocycles. The molecule has 11 heteroatoms. The number of carboxylic acid groups (broad SMARTS) is 1. The summed E-state index contributed by atoms with van der Waals surface area (Å²) in [5.74, 6) is -1.78. The first-order valence-corrected chi connectivity index (χ1v) is 14.6. The summed E-state index contributed by atoms with van der Waals surface area (Å²) in [6.07, 6.45) is 3.57. The highest BCUT2D eigenvalue weighted by Gasteiger charge is 2.46. The maximum absolute atomic E-state index is 13.6. The van der Waals surface area contributed by atoms with Gasteiger partial charge in [0.15, 0.2) is 0 Å². The Labute approximate surface area is 213 Å². The zero-order valence-corrected chi connectivity index (χ0v) is 22.0. The number of carbonyl (C=O) groups is 3. The molecule has 0 aliphatic carbocycles. The van der Waals surface area contributed by atoms with Crippen molar-refractivity contribution in [3.8, 4) is 0 Å². The van der Waals surface area contributed by atoms with Gasteiger partial charge < -0.3 is 25.4 Å². The fourth-order valence-corrected chi connectivity index (χ4v) is 6.24. The van der Waals surface area contributed by atoms with Gasteiger partial charge in [0.2, 0.25) is 5.91 Å². The number of ether oxygens (including phenoxy) is 1. The van der Waals surface area contributed by atoms with Gasteiger partial charge in [-0.15, -0.1) is 0 Å². The van der Waals surface area contributed by atoms with Crippen LogP contribution in [0.4, 0.5) is 4.79 Å². The second-order valence-corrected chi connectivity index (χ2v) is 11.4. The highest BCUT2D eigenvalue weighted by atomic mass is 31.2. The van der Waals surface area contributed by atoms with E-state index in [-0.39, 0.29) is 25.7 Å². The van der Waals surface area contributed by atoms with Crippen LogP contribution >= 0.6 is 7.52 Å². The maximum atomic E-state index is 13.6. The molecular weight excluding hydrogens is 485 g/mol. The van der Waals surface area contributed by atoms with Gasteiger partial charge in [0.1, 0.15) is 18.7 Å². The van der Waals surface area contributed by atoms with Gasteiger partial charge in [-0.05, 0) is 50.6 Å². The Kier molecular flexibility index (Phi) is 12.4. The lowest BCUT2D eigenvalue weighted by Gasteiger charge is -2.36. The summed E-state index contributed by atoms with van der Waals surface area (Å²) in [4.78, 5) is 51.0. The molecule has 1 aromatic carbocycles. The van der Waals surface area contributed by atoms with E-state index in [9.17, 15) is 28.9 Å². The lowest BCUT2D eigenvalue weighted by Crippen LogP contribution is -2.52. The monoisotopic (exact) mass is 525 g/mol. The minimum atomic E-state index is -4.33. The second kappa shape index (κ2) is 15.0. The van der Waals surface area contributed by atoms with Crippen molar-refractivity contribution in [1.82, 2.24) is 9.57 Å². The van der Waals surface area contributed by atoms with E-state index in [0.717, 1.165) is 12.8 Å². The highest BCUT2D eigenvalue weighted by Crippen LogP contribution is 2.49. The zero-order valence-electron chi connectivity index (χ0n) is 21.1. The third-order valence-electron chi connectivity index (χ3n) is 6.36. The molecule has 1 unspecified atom stereocenters. The molecular formula is C25H40N3O7P. The first-order chi connectivity index (χ1) is 17.2. The average molecular weight is 526 g/mol. The second-order valence-electron chi connectivity index (χ2n) is 9.16. The Morgan fingerprint density at radius 3 is 2.53 bits per heavy atom. The minimum Gasteiger partial charge on any atom is -0.480 e. The fourth-order valence-electron chi connectivity index (χ4n) is 4.42. The number of unbranched alkanes of at least 4 members (excludes halogenated alkanes) is 4. The number of rotatable bonds is 15. The maximum Gasteiger partial charge on any atom is 0.418 e. The number of benzene rings is 1. The number of hydrogen-bond donors (Lipinski definition) is 3. The Hall–Kier alpha value is -2.42. The summed E-state index contributed by atoms with van der Waals surface area (Å²) in [5, 5.41) is 9.59. The van der Waals surface area contributed by atoms with Crippen molar-refractivity contribution in [2.45, 2.75) is 83.4 Å². The van der Waals surface area contributed by atoms with E-state index in [1.807, 2.05) is 13.0 Å². The first-order valence-electron chi connectivity index (χ1n) is 12.8. The SMILES string of the molecule is CCCCCCP(=O)(O)N(C(=O)OCc1ccccc1)[C@@H](CCCCN)C(=O)N1CCC[C@H]1C(=O)O. The summed E-state index contributed by atoms with van der Waals surface area (Å²) < 4.78 is 19.7. The summed E-state index contributed by atoms with van der Waals surface area (Å²) in [5.41, 5.74) is 6.31. The van der Waals surface area contributed by atoms with E-state index >= 15 is 0 Å². The van der Waals surface area contributed by atoms with Gasteiger partial charge in [0.05, 0.1) is 0 Å². The van der Waals surface area contributed by atoms with Crippen LogP contribution in [-0.4, -0.2) is 68.9 Å². The number of carboxylic acids is 1. The normalized spacial score (nSPS) is 17.9. The van der Waals surface area contributed by atoms with E-state index in [2.05, 4.69) is 0 Å². The van der Waals surface area contributed by atoms with Crippen LogP contribution in [0.15, 0.2) is 30.3 Å². The quantitative estimate of drug-likeness (QED) is 0.230. The van der Waals surface area contributed by atoms with Gasteiger partial charge >= 0.3 is 12.1 Å². The molecule has 1 fully saturated rings. The van der Waals surface area contributed by atoms with Crippen molar-refractivity contribution in [1.29, 1.82) is 0 Å².